The van der Waals surface area contributed by atoms with Gasteiger partial charge in [0.15, 0.2) is 0 Å². The van der Waals surface area contributed by atoms with Crippen molar-refractivity contribution in [2.24, 2.45) is 0 Å². The molecule has 2 aromatic carbocycles. The molecule has 3 heterocycles. The van der Waals surface area contributed by atoms with Crippen molar-refractivity contribution in [1.29, 1.82) is 0 Å². The fourth-order valence-electron chi connectivity index (χ4n) is 4.41. The zero-order valence-electron chi connectivity index (χ0n) is 17.0. The molecule has 0 bridgehead atoms. The van der Waals surface area contributed by atoms with E-state index in [1.165, 1.54) is 5.56 Å². The third-order valence-corrected chi connectivity index (χ3v) is 5.82. The van der Waals surface area contributed by atoms with Crippen LogP contribution in [0.3, 0.4) is 0 Å². The topological polar surface area (TPSA) is 67.1 Å². The van der Waals surface area contributed by atoms with Crippen LogP contribution in [0, 0.1) is 13.8 Å². The maximum absolute atomic E-state index is 10.0. The second-order valence-electron chi connectivity index (χ2n) is 7.89. The van der Waals surface area contributed by atoms with Crippen molar-refractivity contribution in [3.8, 4) is 11.6 Å². The lowest BCUT2D eigenvalue weighted by atomic mass is 9.94. The Labute approximate surface area is 169 Å². The van der Waals surface area contributed by atoms with Gasteiger partial charge < -0.3 is 10.0 Å². The number of aryl methyl sites for hydroxylation is 2. The first-order valence-electron chi connectivity index (χ1n) is 9.80. The molecule has 2 aromatic heterocycles. The zero-order chi connectivity index (χ0) is 20.3. The summed E-state index contributed by atoms with van der Waals surface area (Å²) >= 11 is 0. The third-order valence-electron chi connectivity index (χ3n) is 5.82. The van der Waals surface area contributed by atoms with Crippen LogP contribution in [0.15, 0.2) is 42.7 Å². The first kappa shape index (κ1) is 17.7. The van der Waals surface area contributed by atoms with Gasteiger partial charge in [0.05, 0.1) is 11.0 Å². The van der Waals surface area contributed by atoms with E-state index in [4.69, 9.17) is 9.97 Å². The van der Waals surface area contributed by atoms with Crippen LogP contribution in [0.1, 0.15) is 35.4 Å². The van der Waals surface area contributed by atoms with Crippen molar-refractivity contribution < 1.29 is 5.11 Å². The second-order valence-corrected chi connectivity index (χ2v) is 7.89. The Morgan fingerprint density at radius 1 is 1.03 bits per heavy atom. The van der Waals surface area contributed by atoms with Crippen molar-refractivity contribution in [3.63, 3.8) is 0 Å². The van der Waals surface area contributed by atoms with Crippen molar-refractivity contribution in [3.05, 3.63) is 65.2 Å². The lowest BCUT2D eigenvalue weighted by Crippen LogP contribution is -2.15. The molecule has 0 radical (unpaired) electrons. The number of nitrogens with zero attached hydrogens (tertiary/aromatic N) is 5. The highest BCUT2D eigenvalue weighted by molar-refractivity contribution is 5.80. The van der Waals surface area contributed by atoms with Gasteiger partial charge in [0.2, 0.25) is 0 Å². The van der Waals surface area contributed by atoms with E-state index in [9.17, 15) is 5.11 Å². The van der Waals surface area contributed by atoms with Crippen molar-refractivity contribution in [1.82, 2.24) is 19.5 Å². The van der Waals surface area contributed by atoms with E-state index in [0.29, 0.717) is 0 Å². The van der Waals surface area contributed by atoms with Crippen LogP contribution < -0.4 is 4.90 Å². The van der Waals surface area contributed by atoms with E-state index >= 15 is 0 Å². The van der Waals surface area contributed by atoms with Gasteiger partial charge >= 0.3 is 0 Å². The summed E-state index contributed by atoms with van der Waals surface area (Å²) < 4.78 is 2.13. The standard InChI is InChI=1S/C23H23N5O/c1-13-5-7-21-19(9-13)26-15(3)28(21)23-18-10-14(2)17-11-16(29)6-8-20(17)27(4)22(18)24-12-25-23/h5-9,11-12,14,29H,10H2,1-4H3. The Hall–Kier alpha value is -3.41. The van der Waals surface area contributed by atoms with Crippen molar-refractivity contribution >= 4 is 22.5 Å². The summed E-state index contributed by atoms with van der Waals surface area (Å²) in [5.41, 5.74) is 6.45. The summed E-state index contributed by atoms with van der Waals surface area (Å²) in [5.74, 6) is 3.16. The van der Waals surface area contributed by atoms with Gasteiger partial charge in [-0.25, -0.2) is 15.0 Å². The maximum Gasteiger partial charge on any atom is 0.147 e. The number of benzene rings is 2. The van der Waals surface area contributed by atoms with Gasteiger partial charge in [-0.2, -0.15) is 0 Å². The fraction of sp³-hybridized carbons (Fsp3) is 0.261. The molecule has 5 rings (SSSR count). The molecule has 0 fully saturated rings. The molecule has 6 heteroatoms. The minimum atomic E-state index is 0.211. The molecule has 1 N–H and O–H groups in total. The molecule has 146 valence electrons. The lowest BCUT2D eigenvalue weighted by molar-refractivity contribution is 0.474. The number of hydrogen-bond donors (Lipinski definition) is 1. The van der Waals surface area contributed by atoms with Crippen LogP contribution >= 0.6 is 0 Å². The van der Waals surface area contributed by atoms with Crippen LogP contribution in [0.25, 0.3) is 16.9 Å². The van der Waals surface area contributed by atoms with Crippen LogP contribution in [0.2, 0.25) is 0 Å². The summed E-state index contributed by atoms with van der Waals surface area (Å²) in [4.78, 5) is 16.2. The Morgan fingerprint density at radius 3 is 2.66 bits per heavy atom. The second kappa shape index (κ2) is 6.30. The molecule has 1 aliphatic heterocycles. The minimum Gasteiger partial charge on any atom is -0.508 e. The fourth-order valence-corrected chi connectivity index (χ4v) is 4.41. The molecule has 1 unspecified atom stereocenters. The molecular weight excluding hydrogens is 362 g/mol. The van der Waals surface area contributed by atoms with Crippen molar-refractivity contribution in [2.45, 2.75) is 33.1 Å². The number of aromatic hydroxyl groups is 1. The Balaban J connectivity index is 1.76. The summed E-state index contributed by atoms with van der Waals surface area (Å²) in [6.45, 7) is 6.27. The molecular formula is C23H23N5O. The molecule has 0 saturated heterocycles. The van der Waals surface area contributed by atoms with E-state index in [0.717, 1.165) is 51.7 Å². The number of imidazole rings is 1. The summed E-state index contributed by atoms with van der Waals surface area (Å²) in [5, 5.41) is 10.0. The average molecular weight is 385 g/mol. The van der Waals surface area contributed by atoms with Crippen LogP contribution in [0.4, 0.5) is 11.5 Å². The predicted octanol–water partition coefficient (Wildman–Crippen LogP) is 4.57. The predicted molar refractivity (Wildman–Crippen MR) is 114 cm³/mol. The zero-order valence-corrected chi connectivity index (χ0v) is 17.0. The van der Waals surface area contributed by atoms with Gasteiger partial charge in [-0.05, 0) is 67.6 Å². The van der Waals surface area contributed by atoms with E-state index in [2.05, 4.69) is 46.5 Å². The number of phenolic OH excluding ortho intramolecular Hbond substituents is 1. The number of fused-ring (bicyclic) bond motifs is 3. The lowest BCUT2D eigenvalue weighted by Gasteiger charge is -2.22. The van der Waals surface area contributed by atoms with Crippen LogP contribution in [-0.2, 0) is 6.42 Å². The van der Waals surface area contributed by atoms with Gasteiger partial charge in [-0.3, -0.25) is 4.57 Å². The van der Waals surface area contributed by atoms with Crippen LogP contribution in [0.5, 0.6) is 5.75 Å². The van der Waals surface area contributed by atoms with E-state index in [1.807, 2.05) is 26.1 Å². The Morgan fingerprint density at radius 2 is 1.83 bits per heavy atom. The largest absolute Gasteiger partial charge is 0.508 e. The molecule has 0 saturated carbocycles. The number of hydrogen-bond acceptors (Lipinski definition) is 5. The normalized spacial score (nSPS) is 15.9. The van der Waals surface area contributed by atoms with E-state index < -0.39 is 0 Å². The maximum atomic E-state index is 10.0. The molecule has 0 spiro atoms. The molecule has 0 amide bonds. The number of phenols is 1. The van der Waals surface area contributed by atoms with Gasteiger partial charge in [-0.15, -0.1) is 0 Å². The molecule has 1 atom stereocenters. The highest BCUT2D eigenvalue weighted by atomic mass is 16.3. The van der Waals surface area contributed by atoms with Gasteiger partial charge in [-0.1, -0.05) is 13.0 Å². The molecule has 29 heavy (non-hydrogen) atoms. The molecule has 0 aliphatic carbocycles. The summed E-state index contributed by atoms with van der Waals surface area (Å²) in [6.07, 6.45) is 2.40. The highest BCUT2D eigenvalue weighted by Crippen LogP contribution is 2.42. The van der Waals surface area contributed by atoms with Gasteiger partial charge in [0.1, 0.15) is 29.5 Å². The smallest absolute Gasteiger partial charge is 0.147 e. The van der Waals surface area contributed by atoms with Crippen LogP contribution in [-0.4, -0.2) is 31.7 Å². The molecule has 6 nitrogen and oxygen atoms in total. The minimum absolute atomic E-state index is 0.211. The quantitative estimate of drug-likeness (QED) is 0.520. The Kier molecular flexibility index (Phi) is 3.84. The summed E-state index contributed by atoms with van der Waals surface area (Å²) in [7, 11) is 2.02. The number of anilines is 2. The third kappa shape index (κ3) is 2.67. The number of aromatic nitrogens is 4. The average Bonchev–Trinajstić information content (AvgIpc) is 2.96. The van der Waals surface area contributed by atoms with Gasteiger partial charge in [0.25, 0.3) is 0 Å². The summed E-state index contributed by atoms with van der Waals surface area (Å²) in [6, 6.07) is 11.9. The van der Waals surface area contributed by atoms with E-state index in [-0.39, 0.29) is 11.7 Å². The SMILES string of the molecule is Cc1ccc2c(c1)nc(C)n2-c1ncnc2c1CC(C)c1cc(O)ccc1N2C. The Bertz CT molecular complexity index is 1260. The van der Waals surface area contributed by atoms with Crippen molar-refractivity contribution in [2.75, 3.05) is 11.9 Å². The molecule has 1 aliphatic rings. The molecule has 4 aromatic rings. The number of rotatable bonds is 1. The van der Waals surface area contributed by atoms with Gasteiger partial charge in [0, 0.05) is 18.3 Å². The first-order valence-corrected chi connectivity index (χ1v) is 9.80. The first-order chi connectivity index (χ1) is 13.9. The monoisotopic (exact) mass is 385 g/mol. The highest BCUT2D eigenvalue weighted by Gasteiger charge is 2.28. The van der Waals surface area contributed by atoms with E-state index in [1.54, 1.807) is 12.4 Å².